The SMILES string of the molecule is CC(=O)[C@](C)(CO)CCc1ccc(C(F)(F)F)c(C(C)(C)C)c1. The van der Waals surface area contributed by atoms with Crippen molar-refractivity contribution in [2.45, 2.75) is 59.1 Å². The molecule has 0 saturated heterocycles. The molecule has 1 aromatic rings. The van der Waals surface area contributed by atoms with Crippen LogP contribution in [0.4, 0.5) is 13.2 Å². The number of hydrogen-bond donors (Lipinski definition) is 1. The molecule has 1 rings (SSSR count). The molecule has 0 unspecified atom stereocenters. The smallest absolute Gasteiger partial charge is 0.395 e. The van der Waals surface area contributed by atoms with Gasteiger partial charge in [0.25, 0.3) is 0 Å². The normalized spacial score (nSPS) is 15.3. The van der Waals surface area contributed by atoms with Crippen LogP contribution in [0.3, 0.4) is 0 Å². The van der Waals surface area contributed by atoms with Crippen molar-refractivity contribution in [1.29, 1.82) is 0 Å². The van der Waals surface area contributed by atoms with E-state index in [0.29, 0.717) is 12.8 Å². The molecule has 1 atom stereocenters. The topological polar surface area (TPSA) is 37.3 Å². The van der Waals surface area contributed by atoms with Crippen LogP contribution in [0.25, 0.3) is 0 Å². The van der Waals surface area contributed by atoms with E-state index in [1.54, 1.807) is 33.8 Å². The number of carbonyl (C=O) groups is 1. The summed E-state index contributed by atoms with van der Waals surface area (Å²) in [5.41, 5.74) is -1.13. The Morgan fingerprint density at radius 3 is 2.04 bits per heavy atom. The summed E-state index contributed by atoms with van der Waals surface area (Å²) in [5.74, 6) is -0.122. The predicted octanol–water partition coefficient (Wildman–Crippen LogP) is 4.52. The van der Waals surface area contributed by atoms with Crippen molar-refractivity contribution in [3.8, 4) is 0 Å². The molecule has 0 bridgehead atoms. The van der Waals surface area contributed by atoms with Crippen molar-refractivity contribution >= 4 is 5.78 Å². The van der Waals surface area contributed by atoms with E-state index in [1.807, 2.05) is 0 Å². The number of benzene rings is 1. The van der Waals surface area contributed by atoms with Gasteiger partial charge in [0.05, 0.1) is 12.2 Å². The van der Waals surface area contributed by atoms with Crippen molar-refractivity contribution in [3.05, 3.63) is 34.9 Å². The highest BCUT2D eigenvalue weighted by Gasteiger charge is 2.36. The van der Waals surface area contributed by atoms with Crippen LogP contribution in [0.5, 0.6) is 0 Å². The number of carbonyl (C=O) groups excluding carboxylic acids is 1. The second-order valence-electron chi connectivity index (χ2n) is 7.40. The minimum absolute atomic E-state index is 0.122. The molecule has 2 nitrogen and oxygen atoms in total. The van der Waals surface area contributed by atoms with E-state index in [2.05, 4.69) is 0 Å². The average molecular weight is 330 g/mol. The molecule has 0 fully saturated rings. The Kier molecular flexibility index (Phi) is 5.68. The first-order valence-corrected chi connectivity index (χ1v) is 7.64. The summed E-state index contributed by atoms with van der Waals surface area (Å²) in [5, 5.41) is 9.40. The summed E-state index contributed by atoms with van der Waals surface area (Å²) in [6.45, 7) is 8.06. The molecule has 0 aliphatic heterocycles. The third-order valence-electron chi connectivity index (χ3n) is 4.36. The first-order chi connectivity index (χ1) is 10.3. The number of halogens is 3. The fraction of sp³-hybridized carbons (Fsp3) is 0.611. The summed E-state index contributed by atoms with van der Waals surface area (Å²) in [7, 11) is 0. The Morgan fingerprint density at radius 2 is 1.65 bits per heavy atom. The Balaban J connectivity index is 3.15. The van der Waals surface area contributed by atoms with Crippen molar-refractivity contribution in [2.24, 2.45) is 5.41 Å². The van der Waals surface area contributed by atoms with Crippen LogP contribution in [0.15, 0.2) is 18.2 Å². The summed E-state index contributed by atoms with van der Waals surface area (Å²) in [4.78, 5) is 11.6. The molecule has 0 spiro atoms. The van der Waals surface area contributed by atoms with E-state index in [-0.39, 0.29) is 18.0 Å². The Hall–Kier alpha value is -1.36. The van der Waals surface area contributed by atoms with Gasteiger partial charge in [-0.3, -0.25) is 4.79 Å². The maximum absolute atomic E-state index is 13.2. The van der Waals surface area contributed by atoms with E-state index in [1.165, 1.54) is 13.0 Å². The van der Waals surface area contributed by atoms with Crippen molar-refractivity contribution < 1.29 is 23.1 Å². The highest BCUT2D eigenvalue weighted by Crippen LogP contribution is 2.38. The lowest BCUT2D eigenvalue weighted by Crippen LogP contribution is -2.30. The van der Waals surface area contributed by atoms with Gasteiger partial charge in [-0.15, -0.1) is 0 Å². The number of hydrogen-bond acceptors (Lipinski definition) is 2. The van der Waals surface area contributed by atoms with E-state index < -0.39 is 22.6 Å². The molecule has 0 aliphatic rings. The third kappa shape index (κ3) is 4.80. The zero-order valence-corrected chi connectivity index (χ0v) is 14.3. The third-order valence-corrected chi connectivity index (χ3v) is 4.36. The van der Waals surface area contributed by atoms with Crippen molar-refractivity contribution in [1.82, 2.24) is 0 Å². The zero-order chi connectivity index (χ0) is 18.1. The van der Waals surface area contributed by atoms with Crippen LogP contribution in [0.2, 0.25) is 0 Å². The van der Waals surface area contributed by atoms with Gasteiger partial charge in [-0.25, -0.2) is 0 Å². The highest BCUT2D eigenvalue weighted by molar-refractivity contribution is 5.82. The second kappa shape index (κ2) is 6.63. The lowest BCUT2D eigenvalue weighted by atomic mass is 9.79. The molecule has 130 valence electrons. The fourth-order valence-corrected chi connectivity index (χ4v) is 2.40. The van der Waals surface area contributed by atoms with Crippen LogP contribution in [0.1, 0.15) is 57.7 Å². The average Bonchev–Trinajstić information content (AvgIpc) is 2.42. The molecule has 0 aromatic heterocycles. The molecular formula is C18H25F3O2. The Labute approximate surface area is 135 Å². The van der Waals surface area contributed by atoms with Crippen molar-refractivity contribution in [3.63, 3.8) is 0 Å². The van der Waals surface area contributed by atoms with Gasteiger partial charge in [0.15, 0.2) is 0 Å². The number of alkyl halides is 3. The number of rotatable bonds is 5. The largest absolute Gasteiger partial charge is 0.416 e. The van der Waals surface area contributed by atoms with Crippen LogP contribution >= 0.6 is 0 Å². The van der Waals surface area contributed by atoms with Crippen LogP contribution in [-0.2, 0) is 22.8 Å². The fourth-order valence-electron chi connectivity index (χ4n) is 2.40. The van der Waals surface area contributed by atoms with E-state index >= 15 is 0 Å². The molecule has 1 N–H and O–H groups in total. The lowest BCUT2D eigenvalue weighted by molar-refractivity contribution is -0.138. The zero-order valence-electron chi connectivity index (χ0n) is 14.3. The molecule has 5 heteroatoms. The predicted molar refractivity (Wildman–Crippen MR) is 84.3 cm³/mol. The van der Waals surface area contributed by atoms with Crippen LogP contribution in [0, 0.1) is 5.41 Å². The highest BCUT2D eigenvalue weighted by atomic mass is 19.4. The number of Topliss-reactive ketones (excluding diaryl/α,β-unsaturated/α-hetero) is 1. The summed E-state index contributed by atoms with van der Waals surface area (Å²) < 4.78 is 39.5. The van der Waals surface area contributed by atoms with Gasteiger partial charge >= 0.3 is 6.18 Å². The van der Waals surface area contributed by atoms with Crippen LogP contribution < -0.4 is 0 Å². The molecule has 0 amide bonds. The first kappa shape index (κ1) is 19.7. The maximum Gasteiger partial charge on any atom is 0.416 e. The molecule has 0 radical (unpaired) electrons. The number of ketones is 1. The summed E-state index contributed by atoms with van der Waals surface area (Å²) >= 11 is 0. The number of aliphatic hydroxyl groups is 1. The molecule has 0 saturated carbocycles. The monoisotopic (exact) mass is 330 g/mol. The minimum atomic E-state index is -4.39. The lowest BCUT2D eigenvalue weighted by Gasteiger charge is -2.26. The van der Waals surface area contributed by atoms with Gasteiger partial charge in [0.1, 0.15) is 5.78 Å². The van der Waals surface area contributed by atoms with Crippen molar-refractivity contribution in [2.75, 3.05) is 6.61 Å². The van der Waals surface area contributed by atoms with E-state index in [4.69, 9.17) is 0 Å². The minimum Gasteiger partial charge on any atom is -0.395 e. The van der Waals surface area contributed by atoms with E-state index in [0.717, 1.165) is 11.6 Å². The van der Waals surface area contributed by atoms with Gasteiger partial charge in [-0.1, -0.05) is 39.8 Å². The summed E-state index contributed by atoms with van der Waals surface area (Å²) in [6.07, 6.45) is -3.55. The maximum atomic E-state index is 13.2. The van der Waals surface area contributed by atoms with Gasteiger partial charge in [0.2, 0.25) is 0 Å². The molecule has 1 aromatic carbocycles. The number of aryl methyl sites for hydroxylation is 1. The van der Waals surface area contributed by atoms with Gasteiger partial charge in [0, 0.05) is 5.41 Å². The Bertz CT molecular complexity index is 571. The quantitative estimate of drug-likeness (QED) is 0.861. The summed E-state index contributed by atoms with van der Waals surface area (Å²) in [6, 6.07) is 4.14. The molecule has 0 aliphatic carbocycles. The number of aliphatic hydroxyl groups excluding tert-OH is 1. The molecule has 23 heavy (non-hydrogen) atoms. The van der Waals surface area contributed by atoms with Gasteiger partial charge < -0.3 is 5.11 Å². The molecular weight excluding hydrogens is 305 g/mol. The van der Waals surface area contributed by atoms with E-state index in [9.17, 15) is 23.1 Å². The Morgan fingerprint density at radius 1 is 1.09 bits per heavy atom. The second-order valence-corrected chi connectivity index (χ2v) is 7.40. The van der Waals surface area contributed by atoms with Crippen LogP contribution in [-0.4, -0.2) is 17.5 Å². The standard InChI is InChI=1S/C18H25F3O2/c1-12(23)17(5,11-22)9-8-13-6-7-14(18(19,20)21)15(10-13)16(2,3)4/h6-7,10,22H,8-9,11H2,1-5H3/t17-/m0/s1. The first-order valence-electron chi connectivity index (χ1n) is 7.64. The van der Waals surface area contributed by atoms with Gasteiger partial charge in [-0.05, 0) is 42.4 Å². The van der Waals surface area contributed by atoms with Gasteiger partial charge in [-0.2, -0.15) is 13.2 Å². The molecule has 0 heterocycles.